The number of nitrogens with zero attached hydrogens (tertiary/aromatic N) is 5. The summed E-state index contributed by atoms with van der Waals surface area (Å²) < 4.78 is 8.59. The van der Waals surface area contributed by atoms with Gasteiger partial charge in [0, 0.05) is 33.6 Å². The van der Waals surface area contributed by atoms with Crippen molar-refractivity contribution in [2.75, 3.05) is 13.2 Å². The summed E-state index contributed by atoms with van der Waals surface area (Å²) in [7, 11) is 3.72. The smallest absolute Gasteiger partial charge is 0.341 e. The van der Waals surface area contributed by atoms with Crippen LogP contribution in [0.4, 0.5) is 0 Å². The third-order valence-electron chi connectivity index (χ3n) is 3.18. The summed E-state index contributed by atoms with van der Waals surface area (Å²) in [6, 6.07) is 0. The van der Waals surface area contributed by atoms with E-state index in [9.17, 15) is 4.79 Å². The minimum Gasteiger partial charge on any atom is -0.462 e. The fourth-order valence-corrected chi connectivity index (χ4v) is 1.99. The minimum absolute atomic E-state index is 0.337. The molecule has 0 saturated carbocycles. The number of aromatic nitrogens is 5. The summed E-state index contributed by atoms with van der Waals surface area (Å²) in [6.07, 6.45) is 3.98. The first-order valence-corrected chi connectivity index (χ1v) is 6.85. The number of carbonyl (C=O) groups is 1. The van der Waals surface area contributed by atoms with E-state index >= 15 is 0 Å². The average molecular weight is 292 g/mol. The van der Waals surface area contributed by atoms with Crippen LogP contribution in [0, 0.1) is 0 Å². The molecule has 2 heterocycles. The number of nitrogens with one attached hydrogen (secondary N) is 1. The first-order chi connectivity index (χ1) is 10.1. The zero-order valence-electron chi connectivity index (χ0n) is 12.5. The highest BCUT2D eigenvalue weighted by molar-refractivity contribution is 5.90. The van der Waals surface area contributed by atoms with Gasteiger partial charge >= 0.3 is 5.97 Å². The number of rotatable bonds is 7. The van der Waals surface area contributed by atoms with E-state index in [0.29, 0.717) is 18.7 Å². The van der Waals surface area contributed by atoms with Gasteiger partial charge in [0.05, 0.1) is 18.5 Å². The Hall–Kier alpha value is -2.22. The van der Waals surface area contributed by atoms with Crippen molar-refractivity contribution in [3.05, 3.63) is 29.6 Å². The Morgan fingerprint density at radius 3 is 2.90 bits per heavy atom. The number of hydrogen-bond donors (Lipinski definition) is 1. The first-order valence-electron chi connectivity index (χ1n) is 6.85. The normalized spacial score (nSPS) is 10.8. The third-order valence-corrected chi connectivity index (χ3v) is 3.18. The Morgan fingerprint density at radius 1 is 1.43 bits per heavy atom. The largest absolute Gasteiger partial charge is 0.462 e. The summed E-state index contributed by atoms with van der Waals surface area (Å²) in [5.74, 6) is 0.578. The van der Waals surface area contributed by atoms with Gasteiger partial charge in [-0.05, 0) is 6.92 Å². The molecule has 0 fully saturated rings. The summed E-state index contributed by atoms with van der Waals surface area (Å²) in [4.78, 5) is 11.8. The molecule has 0 bridgehead atoms. The van der Waals surface area contributed by atoms with Crippen LogP contribution < -0.4 is 5.32 Å². The van der Waals surface area contributed by atoms with Crippen LogP contribution in [0.2, 0.25) is 0 Å². The average Bonchev–Trinajstić information content (AvgIpc) is 3.02. The summed E-state index contributed by atoms with van der Waals surface area (Å²) in [5.41, 5.74) is 1.32. The van der Waals surface area contributed by atoms with Gasteiger partial charge in [-0.2, -0.15) is 5.10 Å². The minimum atomic E-state index is -0.337. The van der Waals surface area contributed by atoms with E-state index in [4.69, 9.17) is 4.74 Å². The molecule has 2 aromatic heterocycles. The molecule has 0 spiro atoms. The van der Waals surface area contributed by atoms with Crippen LogP contribution >= 0.6 is 0 Å². The van der Waals surface area contributed by atoms with Crippen molar-refractivity contribution in [3.63, 3.8) is 0 Å². The van der Waals surface area contributed by atoms with Crippen molar-refractivity contribution in [3.8, 4) is 0 Å². The van der Waals surface area contributed by atoms with Crippen molar-refractivity contribution < 1.29 is 9.53 Å². The molecule has 0 aromatic carbocycles. The number of esters is 1. The maximum Gasteiger partial charge on any atom is 0.341 e. The van der Waals surface area contributed by atoms with Gasteiger partial charge in [0.15, 0.2) is 0 Å². The molecular weight excluding hydrogens is 272 g/mol. The highest BCUT2D eigenvalue weighted by Gasteiger charge is 2.16. The second kappa shape index (κ2) is 6.98. The molecular formula is C13H20N6O2. The van der Waals surface area contributed by atoms with Gasteiger partial charge in [-0.25, -0.2) is 4.79 Å². The molecule has 0 unspecified atom stereocenters. The van der Waals surface area contributed by atoms with E-state index in [1.807, 2.05) is 18.7 Å². The van der Waals surface area contributed by atoms with Crippen LogP contribution in [-0.4, -0.2) is 43.7 Å². The maximum atomic E-state index is 11.8. The third kappa shape index (κ3) is 3.66. The molecule has 0 atom stereocenters. The Morgan fingerprint density at radius 2 is 2.24 bits per heavy atom. The van der Waals surface area contributed by atoms with Crippen LogP contribution in [0.1, 0.15) is 28.8 Å². The van der Waals surface area contributed by atoms with Gasteiger partial charge in [-0.1, -0.05) is 0 Å². The van der Waals surface area contributed by atoms with Crippen molar-refractivity contribution in [1.82, 2.24) is 29.9 Å². The van der Waals surface area contributed by atoms with E-state index in [1.165, 1.54) is 6.20 Å². The number of carbonyl (C=O) groups excluding carboxylic acids is 1. The van der Waals surface area contributed by atoms with Crippen molar-refractivity contribution in [2.45, 2.75) is 19.9 Å². The van der Waals surface area contributed by atoms with Gasteiger partial charge < -0.3 is 14.6 Å². The molecule has 0 aliphatic heterocycles. The standard InChI is InChI=1S/C13H20N6O2/c1-4-21-13(20)10-7-16-19(3)11(10)8-14-6-5-12-17-15-9-18(12)2/h7,9,14H,4-6,8H2,1-3H3. The summed E-state index contributed by atoms with van der Waals surface area (Å²) in [5, 5.41) is 15.2. The van der Waals surface area contributed by atoms with E-state index in [2.05, 4.69) is 20.6 Å². The van der Waals surface area contributed by atoms with E-state index in [1.54, 1.807) is 17.9 Å². The second-order valence-electron chi connectivity index (χ2n) is 4.63. The van der Waals surface area contributed by atoms with Crippen molar-refractivity contribution in [2.24, 2.45) is 14.1 Å². The summed E-state index contributed by atoms with van der Waals surface area (Å²) >= 11 is 0. The van der Waals surface area contributed by atoms with Crippen LogP contribution in [0.25, 0.3) is 0 Å². The van der Waals surface area contributed by atoms with E-state index in [0.717, 1.165) is 24.5 Å². The van der Waals surface area contributed by atoms with Crippen LogP contribution in [0.15, 0.2) is 12.5 Å². The molecule has 8 heteroatoms. The van der Waals surface area contributed by atoms with Crippen molar-refractivity contribution >= 4 is 5.97 Å². The molecule has 2 aromatic rings. The monoisotopic (exact) mass is 292 g/mol. The van der Waals surface area contributed by atoms with Crippen LogP contribution in [0.3, 0.4) is 0 Å². The Kier molecular flexibility index (Phi) is 5.04. The molecule has 0 saturated heterocycles. The van der Waals surface area contributed by atoms with Gasteiger partial charge in [-0.3, -0.25) is 4.68 Å². The van der Waals surface area contributed by atoms with E-state index in [-0.39, 0.29) is 5.97 Å². The number of hydrogen-bond acceptors (Lipinski definition) is 6. The SMILES string of the molecule is CCOC(=O)c1cnn(C)c1CNCCc1nncn1C. The fraction of sp³-hybridized carbons (Fsp3) is 0.538. The predicted molar refractivity (Wildman–Crippen MR) is 75.6 cm³/mol. The molecule has 21 heavy (non-hydrogen) atoms. The molecule has 114 valence electrons. The zero-order chi connectivity index (χ0) is 15.2. The van der Waals surface area contributed by atoms with E-state index < -0.39 is 0 Å². The lowest BCUT2D eigenvalue weighted by molar-refractivity contribution is 0.0524. The molecule has 0 radical (unpaired) electrons. The predicted octanol–water partition coefficient (Wildman–Crippen LogP) is 0.0576. The molecule has 8 nitrogen and oxygen atoms in total. The zero-order valence-corrected chi connectivity index (χ0v) is 12.5. The Labute approximate surface area is 123 Å². The van der Waals surface area contributed by atoms with Crippen LogP contribution in [-0.2, 0) is 31.8 Å². The lowest BCUT2D eigenvalue weighted by Crippen LogP contribution is -2.21. The molecule has 0 amide bonds. The Bertz CT molecular complexity index is 604. The lowest BCUT2D eigenvalue weighted by Gasteiger charge is -2.07. The topological polar surface area (TPSA) is 86.9 Å². The second-order valence-corrected chi connectivity index (χ2v) is 4.63. The molecule has 0 aliphatic rings. The van der Waals surface area contributed by atoms with Gasteiger partial charge in [0.2, 0.25) is 0 Å². The Balaban J connectivity index is 1.89. The van der Waals surface area contributed by atoms with Crippen LogP contribution in [0.5, 0.6) is 0 Å². The maximum absolute atomic E-state index is 11.8. The molecule has 2 rings (SSSR count). The number of aryl methyl sites for hydroxylation is 2. The lowest BCUT2D eigenvalue weighted by atomic mass is 10.2. The van der Waals surface area contributed by atoms with Crippen molar-refractivity contribution in [1.29, 1.82) is 0 Å². The van der Waals surface area contributed by atoms with Gasteiger partial charge in [0.1, 0.15) is 17.7 Å². The number of ether oxygens (including phenoxy) is 1. The van der Waals surface area contributed by atoms with Gasteiger partial charge in [-0.15, -0.1) is 10.2 Å². The molecule has 0 aliphatic carbocycles. The molecule has 1 N–H and O–H groups in total. The quantitative estimate of drug-likeness (QED) is 0.573. The van der Waals surface area contributed by atoms with Gasteiger partial charge in [0.25, 0.3) is 0 Å². The summed E-state index contributed by atoms with van der Waals surface area (Å²) in [6.45, 7) is 3.42. The first kappa shape index (κ1) is 15.2. The highest BCUT2D eigenvalue weighted by atomic mass is 16.5. The highest BCUT2D eigenvalue weighted by Crippen LogP contribution is 2.09. The fourth-order valence-electron chi connectivity index (χ4n) is 1.99.